The van der Waals surface area contributed by atoms with E-state index in [0.717, 1.165) is 11.1 Å². The standard InChI is InChI=1S/C17H14O3/c1-16-15(18)19-14(12-8-4-2-5-9-12)17(16,20-16)13-10-6-3-7-11-13/h2-11,14H,1H3/t14-,16-,17+/m1/s1. The van der Waals surface area contributed by atoms with Crippen LogP contribution in [-0.2, 0) is 19.9 Å². The normalized spacial score (nSPS) is 34.5. The summed E-state index contributed by atoms with van der Waals surface area (Å²) in [5, 5.41) is 0. The minimum atomic E-state index is -0.866. The summed E-state index contributed by atoms with van der Waals surface area (Å²) in [6, 6.07) is 19.6. The van der Waals surface area contributed by atoms with Crippen LogP contribution < -0.4 is 0 Å². The van der Waals surface area contributed by atoms with E-state index in [0.29, 0.717) is 0 Å². The van der Waals surface area contributed by atoms with Gasteiger partial charge in [-0.3, -0.25) is 0 Å². The van der Waals surface area contributed by atoms with Gasteiger partial charge in [0.05, 0.1) is 0 Å². The maximum atomic E-state index is 12.2. The molecule has 0 aromatic heterocycles. The van der Waals surface area contributed by atoms with Gasteiger partial charge in [-0.05, 0) is 18.1 Å². The van der Waals surface area contributed by atoms with E-state index in [9.17, 15) is 4.79 Å². The van der Waals surface area contributed by atoms with Crippen molar-refractivity contribution in [2.75, 3.05) is 0 Å². The Morgan fingerprint density at radius 1 is 0.950 bits per heavy atom. The smallest absolute Gasteiger partial charge is 0.342 e. The quantitative estimate of drug-likeness (QED) is 0.619. The summed E-state index contributed by atoms with van der Waals surface area (Å²) in [6.07, 6.45) is -0.386. The molecule has 4 rings (SSSR count). The van der Waals surface area contributed by atoms with Gasteiger partial charge < -0.3 is 9.47 Å². The monoisotopic (exact) mass is 266 g/mol. The SMILES string of the molecule is C[C@]12O[C@@]1(c1ccccc1)[C@@H](c1ccccc1)OC2=O. The largest absolute Gasteiger partial charge is 0.452 e. The van der Waals surface area contributed by atoms with E-state index >= 15 is 0 Å². The molecule has 2 aliphatic heterocycles. The van der Waals surface area contributed by atoms with Crippen molar-refractivity contribution in [3.05, 3.63) is 71.8 Å². The third-order valence-electron chi connectivity index (χ3n) is 4.32. The van der Waals surface area contributed by atoms with E-state index in [2.05, 4.69) is 0 Å². The van der Waals surface area contributed by atoms with Gasteiger partial charge in [-0.25, -0.2) is 4.79 Å². The summed E-state index contributed by atoms with van der Waals surface area (Å²) in [7, 11) is 0. The lowest BCUT2D eigenvalue weighted by Gasteiger charge is -2.20. The highest BCUT2D eigenvalue weighted by molar-refractivity contribution is 5.88. The molecular formula is C17H14O3. The zero-order valence-electron chi connectivity index (χ0n) is 11.1. The molecule has 2 aliphatic rings. The van der Waals surface area contributed by atoms with Gasteiger partial charge in [-0.15, -0.1) is 0 Å². The van der Waals surface area contributed by atoms with Crippen molar-refractivity contribution in [1.82, 2.24) is 0 Å². The Morgan fingerprint density at radius 3 is 2.15 bits per heavy atom. The second-order valence-corrected chi connectivity index (χ2v) is 5.43. The second kappa shape index (κ2) is 3.70. The molecule has 2 aromatic carbocycles. The Hall–Kier alpha value is -2.13. The average molecular weight is 266 g/mol. The molecule has 3 heteroatoms. The lowest BCUT2D eigenvalue weighted by molar-refractivity contribution is -0.155. The molecule has 0 saturated carbocycles. The van der Waals surface area contributed by atoms with Crippen LogP contribution in [0.3, 0.4) is 0 Å². The molecule has 2 saturated heterocycles. The predicted molar refractivity (Wildman–Crippen MR) is 72.9 cm³/mol. The van der Waals surface area contributed by atoms with Crippen molar-refractivity contribution in [3.63, 3.8) is 0 Å². The lowest BCUT2D eigenvalue weighted by Crippen LogP contribution is -2.23. The van der Waals surface area contributed by atoms with E-state index in [1.54, 1.807) is 0 Å². The highest BCUT2D eigenvalue weighted by Gasteiger charge is 2.82. The summed E-state index contributed by atoms with van der Waals surface area (Å²) in [4.78, 5) is 12.2. The maximum absolute atomic E-state index is 12.2. The van der Waals surface area contributed by atoms with Crippen molar-refractivity contribution in [2.24, 2.45) is 0 Å². The maximum Gasteiger partial charge on any atom is 0.342 e. The number of hydrogen-bond acceptors (Lipinski definition) is 3. The zero-order chi connectivity index (χ0) is 13.8. The molecule has 0 bridgehead atoms. The molecule has 100 valence electrons. The molecule has 0 aliphatic carbocycles. The van der Waals surface area contributed by atoms with Gasteiger partial charge in [0.2, 0.25) is 5.60 Å². The lowest BCUT2D eigenvalue weighted by atomic mass is 9.82. The number of carbonyl (C=O) groups excluding carboxylic acids is 1. The van der Waals surface area contributed by atoms with Crippen LogP contribution in [0.5, 0.6) is 0 Å². The summed E-state index contributed by atoms with van der Waals surface area (Å²) < 4.78 is 11.5. The minimum Gasteiger partial charge on any atom is -0.452 e. The number of hydrogen-bond donors (Lipinski definition) is 0. The van der Waals surface area contributed by atoms with Crippen LogP contribution in [-0.4, -0.2) is 11.6 Å². The van der Waals surface area contributed by atoms with E-state index < -0.39 is 11.2 Å². The Balaban J connectivity index is 1.87. The van der Waals surface area contributed by atoms with Crippen LogP contribution in [0.4, 0.5) is 0 Å². The second-order valence-electron chi connectivity index (χ2n) is 5.43. The molecule has 0 amide bonds. The number of carbonyl (C=O) groups is 1. The minimum absolute atomic E-state index is 0.282. The Labute approximate surface area is 117 Å². The van der Waals surface area contributed by atoms with Gasteiger partial charge in [-0.1, -0.05) is 60.7 Å². The molecular weight excluding hydrogens is 252 g/mol. The summed E-state index contributed by atoms with van der Waals surface area (Å²) in [5.74, 6) is -0.282. The van der Waals surface area contributed by atoms with Gasteiger partial charge >= 0.3 is 5.97 Å². The molecule has 0 spiro atoms. The number of rotatable bonds is 2. The first-order valence-corrected chi connectivity index (χ1v) is 6.70. The Morgan fingerprint density at radius 2 is 1.55 bits per heavy atom. The molecule has 3 atom stereocenters. The Kier molecular flexibility index (Phi) is 2.16. The van der Waals surface area contributed by atoms with Gasteiger partial charge in [0.25, 0.3) is 0 Å². The fourth-order valence-electron chi connectivity index (χ4n) is 3.20. The molecule has 2 aromatic rings. The number of esters is 1. The number of benzene rings is 2. The first-order chi connectivity index (χ1) is 9.68. The third-order valence-corrected chi connectivity index (χ3v) is 4.32. The van der Waals surface area contributed by atoms with Crippen LogP contribution in [0.1, 0.15) is 24.2 Å². The third kappa shape index (κ3) is 1.26. The van der Waals surface area contributed by atoms with Crippen LogP contribution in [0.2, 0.25) is 0 Å². The Bertz CT molecular complexity index is 667. The van der Waals surface area contributed by atoms with Gasteiger partial charge in [-0.2, -0.15) is 0 Å². The van der Waals surface area contributed by atoms with E-state index in [4.69, 9.17) is 9.47 Å². The first kappa shape index (κ1) is 11.7. The van der Waals surface area contributed by atoms with E-state index in [-0.39, 0.29) is 12.1 Å². The van der Waals surface area contributed by atoms with E-state index in [1.165, 1.54) is 0 Å². The molecule has 0 N–H and O–H groups in total. The van der Waals surface area contributed by atoms with Gasteiger partial charge in [0.15, 0.2) is 11.7 Å². The number of cyclic esters (lactones) is 1. The molecule has 2 heterocycles. The number of fused-ring (bicyclic) bond motifs is 1. The summed E-state index contributed by atoms with van der Waals surface area (Å²) in [6.45, 7) is 1.81. The van der Waals surface area contributed by atoms with Gasteiger partial charge in [0, 0.05) is 0 Å². The average Bonchev–Trinajstić information content (AvgIpc) is 3.08. The zero-order valence-corrected chi connectivity index (χ0v) is 11.1. The molecule has 3 nitrogen and oxygen atoms in total. The summed E-state index contributed by atoms with van der Waals surface area (Å²) >= 11 is 0. The highest BCUT2D eigenvalue weighted by atomic mass is 16.7. The van der Waals surface area contributed by atoms with Crippen LogP contribution in [0.25, 0.3) is 0 Å². The fraction of sp³-hybridized carbons (Fsp3) is 0.235. The van der Waals surface area contributed by atoms with Gasteiger partial charge in [0.1, 0.15) is 0 Å². The van der Waals surface area contributed by atoms with Crippen LogP contribution in [0, 0.1) is 0 Å². The van der Waals surface area contributed by atoms with Crippen LogP contribution >= 0.6 is 0 Å². The van der Waals surface area contributed by atoms with Crippen molar-refractivity contribution in [1.29, 1.82) is 0 Å². The first-order valence-electron chi connectivity index (χ1n) is 6.70. The van der Waals surface area contributed by atoms with E-state index in [1.807, 2.05) is 67.6 Å². The fourth-order valence-corrected chi connectivity index (χ4v) is 3.20. The topological polar surface area (TPSA) is 38.8 Å². The molecule has 0 radical (unpaired) electrons. The highest BCUT2D eigenvalue weighted by Crippen LogP contribution is 2.68. The number of epoxide rings is 1. The molecule has 0 unspecified atom stereocenters. The van der Waals surface area contributed by atoms with Crippen molar-refractivity contribution in [2.45, 2.75) is 24.2 Å². The van der Waals surface area contributed by atoms with Crippen molar-refractivity contribution >= 4 is 5.97 Å². The number of ether oxygens (including phenoxy) is 2. The summed E-state index contributed by atoms with van der Waals surface area (Å²) in [5.41, 5.74) is 0.398. The molecule has 2 fully saturated rings. The molecule has 20 heavy (non-hydrogen) atoms. The van der Waals surface area contributed by atoms with Crippen LogP contribution in [0.15, 0.2) is 60.7 Å². The van der Waals surface area contributed by atoms with Crippen molar-refractivity contribution in [3.8, 4) is 0 Å². The predicted octanol–water partition coefficient (Wildman–Crippen LogP) is 2.97. The van der Waals surface area contributed by atoms with Crippen molar-refractivity contribution < 1.29 is 14.3 Å².